The zero-order chi connectivity index (χ0) is 27.0. The molecule has 0 amide bonds. The van der Waals surface area contributed by atoms with E-state index in [0.29, 0.717) is 0 Å². The van der Waals surface area contributed by atoms with Crippen LogP contribution in [0.2, 0.25) is 0 Å². The summed E-state index contributed by atoms with van der Waals surface area (Å²) in [5.41, 5.74) is 5.20. The van der Waals surface area contributed by atoms with Gasteiger partial charge in [-0.3, -0.25) is 4.52 Å². The summed E-state index contributed by atoms with van der Waals surface area (Å²) in [6.07, 6.45) is 19.7. The summed E-state index contributed by atoms with van der Waals surface area (Å²) >= 11 is 0. The zero-order valence-corrected chi connectivity index (χ0v) is 25.6. The molecular weight excluding hydrogens is 487 g/mol. The average molecular weight is 541 g/mol. The Kier molecular flexibility index (Phi) is 14.6. The second-order valence-corrected chi connectivity index (χ2v) is 12.0. The van der Waals surface area contributed by atoms with Crippen molar-refractivity contribution >= 4 is 8.60 Å². The number of para-hydroxylation sites is 2. The molecule has 0 radical (unpaired) electrons. The van der Waals surface area contributed by atoms with Crippen LogP contribution in [0.25, 0.3) is 0 Å². The van der Waals surface area contributed by atoms with Gasteiger partial charge in [0.05, 0.1) is 6.10 Å². The molecule has 4 heteroatoms. The van der Waals surface area contributed by atoms with Crippen molar-refractivity contribution in [2.75, 3.05) is 0 Å². The fourth-order valence-electron chi connectivity index (χ4n) is 5.27. The van der Waals surface area contributed by atoms with E-state index in [1.54, 1.807) is 0 Å². The van der Waals surface area contributed by atoms with Crippen molar-refractivity contribution in [3.63, 3.8) is 0 Å². The maximum atomic E-state index is 6.92. The van der Waals surface area contributed by atoms with E-state index in [9.17, 15) is 0 Å². The molecule has 0 aromatic heterocycles. The van der Waals surface area contributed by atoms with Crippen molar-refractivity contribution in [3.05, 3.63) is 58.7 Å². The van der Waals surface area contributed by atoms with E-state index in [0.717, 1.165) is 75.7 Å². The van der Waals surface area contributed by atoms with Gasteiger partial charge in [-0.1, -0.05) is 109 Å². The molecule has 1 aliphatic carbocycles. The SMILES string of the molecule is CCCCc1cccc(CCCC)c1OP(Oc1c(CCCC)cccc1CCCC)OC1CCCCC1. The molecule has 3 rings (SSSR count). The molecule has 1 aliphatic rings. The molecule has 3 nitrogen and oxygen atoms in total. The summed E-state index contributed by atoms with van der Waals surface area (Å²) in [6.45, 7) is 9.03. The van der Waals surface area contributed by atoms with Gasteiger partial charge in [-0.25, -0.2) is 0 Å². The Morgan fingerprint density at radius 2 is 0.947 bits per heavy atom. The number of aryl methyl sites for hydroxylation is 4. The van der Waals surface area contributed by atoms with Gasteiger partial charge in [-0.05, 0) is 86.5 Å². The Balaban J connectivity index is 1.97. The van der Waals surface area contributed by atoms with Gasteiger partial charge in [-0.15, -0.1) is 0 Å². The topological polar surface area (TPSA) is 27.7 Å². The number of benzene rings is 2. The highest BCUT2D eigenvalue weighted by Crippen LogP contribution is 2.48. The fourth-order valence-corrected chi connectivity index (χ4v) is 6.61. The van der Waals surface area contributed by atoms with Gasteiger partial charge in [0.15, 0.2) is 0 Å². The molecule has 0 unspecified atom stereocenters. The molecular formula is C34H53O3P. The van der Waals surface area contributed by atoms with Crippen molar-refractivity contribution in [1.29, 1.82) is 0 Å². The van der Waals surface area contributed by atoms with Gasteiger partial charge in [0.1, 0.15) is 11.5 Å². The summed E-state index contributed by atoms with van der Waals surface area (Å²) in [6, 6.07) is 13.4. The second-order valence-electron chi connectivity index (χ2n) is 11.0. The lowest BCUT2D eigenvalue weighted by Crippen LogP contribution is -2.17. The van der Waals surface area contributed by atoms with Gasteiger partial charge >= 0.3 is 8.60 Å². The van der Waals surface area contributed by atoms with E-state index in [1.807, 2.05) is 0 Å². The van der Waals surface area contributed by atoms with Crippen LogP contribution in [0.5, 0.6) is 11.5 Å². The third-order valence-electron chi connectivity index (χ3n) is 7.67. The van der Waals surface area contributed by atoms with Crippen molar-refractivity contribution < 1.29 is 13.6 Å². The predicted octanol–water partition coefficient (Wildman–Crippen LogP) is 11.1. The van der Waals surface area contributed by atoms with Crippen LogP contribution < -0.4 is 9.05 Å². The first-order valence-electron chi connectivity index (χ1n) is 15.7. The van der Waals surface area contributed by atoms with E-state index in [-0.39, 0.29) is 6.10 Å². The molecule has 0 bridgehead atoms. The van der Waals surface area contributed by atoms with E-state index in [1.165, 1.54) is 67.2 Å². The highest BCUT2D eigenvalue weighted by atomic mass is 31.2. The van der Waals surface area contributed by atoms with E-state index in [2.05, 4.69) is 64.1 Å². The number of rotatable bonds is 18. The Labute approximate surface area is 235 Å². The van der Waals surface area contributed by atoms with Crippen LogP contribution in [0.3, 0.4) is 0 Å². The number of hydrogen-bond donors (Lipinski definition) is 0. The van der Waals surface area contributed by atoms with Crippen molar-refractivity contribution in [3.8, 4) is 11.5 Å². The molecule has 2 aromatic carbocycles. The fraction of sp³-hybridized carbons (Fsp3) is 0.647. The lowest BCUT2D eigenvalue weighted by atomic mass is 9.98. The molecule has 212 valence electrons. The van der Waals surface area contributed by atoms with Crippen molar-refractivity contribution in [2.24, 2.45) is 0 Å². The van der Waals surface area contributed by atoms with E-state index in [4.69, 9.17) is 13.6 Å². The Bertz CT molecular complexity index is 804. The Morgan fingerprint density at radius 1 is 0.579 bits per heavy atom. The van der Waals surface area contributed by atoms with Gasteiger partial charge in [0.2, 0.25) is 0 Å². The first kappa shape index (κ1) is 31.0. The first-order chi connectivity index (χ1) is 18.7. The Hall–Kier alpha value is -1.57. The van der Waals surface area contributed by atoms with Crippen LogP contribution >= 0.6 is 8.60 Å². The summed E-state index contributed by atoms with van der Waals surface area (Å²) in [4.78, 5) is 0. The summed E-state index contributed by atoms with van der Waals surface area (Å²) in [5.74, 6) is 2.05. The molecule has 1 fully saturated rings. The lowest BCUT2D eigenvalue weighted by molar-refractivity contribution is 0.138. The average Bonchev–Trinajstić information content (AvgIpc) is 2.94. The minimum absolute atomic E-state index is 0.221. The van der Waals surface area contributed by atoms with Crippen LogP contribution in [-0.2, 0) is 30.2 Å². The number of unbranched alkanes of at least 4 members (excludes halogenated alkanes) is 4. The van der Waals surface area contributed by atoms with Gasteiger partial charge < -0.3 is 9.05 Å². The zero-order valence-electron chi connectivity index (χ0n) is 24.7. The maximum absolute atomic E-state index is 6.92. The van der Waals surface area contributed by atoms with Crippen molar-refractivity contribution in [2.45, 2.75) is 143 Å². The molecule has 0 heterocycles. The van der Waals surface area contributed by atoms with Crippen LogP contribution in [0.1, 0.15) is 133 Å². The largest absolute Gasteiger partial charge is 0.463 e. The van der Waals surface area contributed by atoms with Gasteiger partial charge in [0, 0.05) is 0 Å². The molecule has 2 aromatic rings. The normalized spacial score (nSPS) is 14.2. The summed E-state index contributed by atoms with van der Waals surface area (Å²) in [7, 11) is -1.56. The van der Waals surface area contributed by atoms with Gasteiger partial charge in [-0.2, -0.15) is 0 Å². The van der Waals surface area contributed by atoms with Crippen molar-refractivity contribution in [1.82, 2.24) is 0 Å². The molecule has 0 atom stereocenters. The van der Waals surface area contributed by atoms with E-state index >= 15 is 0 Å². The third kappa shape index (κ3) is 9.87. The monoisotopic (exact) mass is 540 g/mol. The smallest absolute Gasteiger partial charge is 0.417 e. The Morgan fingerprint density at radius 3 is 1.29 bits per heavy atom. The molecule has 0 aliphatic heterocycles. The van der Waals surface area contributed by atoms with Crippen LogP contribution in [-0.4, -0.2) is 6.10 Å². The molecule has 0 N–H and O–H groups in total. The predicted molar refractivity (Wildman–Crippen MR) is 163 cm³/mol. The minimum atomic E-state index is -1.56. The van der Waals surface area contributed by atoms with Crippen LogP contribution in [0.4, 0.5) is 0 Å². The summed E-state index contributed by atoms with van der Waals surface area (Å²) in [5, 5.41) is 0. The number of hydrogen-bond acceptors (Lipinski definition) is 3. The standard InChI is InChI=1S/C34H53O3P/c1-5-9-18-28-22-16-23-29(19-10-6-2)33(28)36-38(35-32-26-14-13-15-27-32)37-34-30(20-11-7-3)24-17-25-31(34)21-12-8-4/h16-17,22-25,32H,5-15,18-21,26-27H2,1-4H3. The molecule has 0 saturated heterocycles. The van der Waals surface area contributed by atoms with Gasteiger partial charge in [0.25, 0.3) is 0 Å². The first-order valence-corrected chi connectivity index (χ1v) is 16.8. The van der Waals surface area contributed by atoms with Crippen LogP contribution in [0, 0.1) is 0 Å². The molecule has 38 heavy (non-hydrogen) atoms. The molecule has 0 spiro atoms. The van der Waals surface area contributed by atoms with E-state index < -0.39 is 8.60 Å². The highest BCUT2D eigenvalue weighted by molar-refractivity contribution is 7.42. The third-order valence-corrected chi connectivity index (χ3v) is 8.81. The lowest BCUT2D eigenvalue weighted by Gasteiger charge is -2.28. The molecule has 1 saturated carbocycles. The minimum Gasteiger partial charge on any atom is -0.417 e. The quantitative estimate of drug-likeness (QED) is 0.176. The second kappa shape index (κ2) is 17.9. The maximum Gasteiger partial charge on any atom is 0.463 e. The van der Waals surface area contributed by atoms with Crippen LogP contribution in [0.15, 0.2) is 36.4 Å². The summed E-state index contributed by atoms with van der Waals surface area (Å²) < 4.78 is 20.6. The highest BCUT2D eigenvalue weighted by Gasteiger charge is 2.28.